The summed E-state index contributed by atoms with van der Waals surface area (Å²) in [6.45, 7) is 11.2. The first-order chi connectivity index (χ1) is 9.10. The van der Waals surface area contributed by atoms with Crippen LogP contribution in [0.4, 0.5) is 0 Å². The van der Waals surface area contributed by atoms with E-state index < -0.39 is 0 Å². The third kappa shape index (κ3) is 5.25. The van der Waals surface area contributed by atoms with E-state index in [2.05, 4.69) is 44.7 Å². The van der Waals surface area contributed by atoms with Crippen LogP contribution in [0.2, 0.25) is 0 Å². The molecule has 0 aliphatic rings. The van der Waals surface area contributed by atoms with E-state index in [0.717, 1.165) is 0 Å². The van der Waals surface area contributed by atoms with Crippen molar-refractivity contribution in [2.75, 3.05) is 13.1 Å². The number of thiophene rings is 1. The molecule has 2 N–H and O–H groups in total. The lowest BCUT2D eigenvalue weighted by Crippen LogP contribution is -2.40. The van der Waals surface area contributed by atoms with E-state index in [1.165, 1.54) is 48.5 Å². The quantitative estimate of drug-likeness (QED) is 0.729. The number of nitrogens with two attached hydrogens (primary N) is 1. The topological polar surface area (TPSA) is 29.3 Å². The molecule has 0 aliphatic carbocycles. The fourth-order valence-corrected chi connectivity index (χ4v) is 3.62. The molecular formula is C16H30N2S. The molecule has 0 radical (unpaired) electrons. The number of hydrogen-bond donors (Lipinski definition) is 1. The van der Waals surface area contributed by atoms with Crippen molar-refractivity contribution in [2.24, 2.45) is 5.73 Å². The van der Waals surface area contributed by atoms with Crippen molar-refractivity contribution in [1.82, 2.24) is 4.90 Å². The maximum absolute atomic E-state index is 6.29. The summed E-state index contributed by atoms with van der Waals surface area (Å²) in [5, 5.41) is 0. The molecule has 0 saturated carbocycles. The van der Waals surface area contributed by atoms with Crippen molar-refractivity contribution in [2.45, 2.75) is 65.5 Å². The normalized spacial score (nSPS) is 14.8. The number of aryl methyl sites for hydroxylation is 1. The third-order valence-corrected chi connectivity index (χ3v) is 4.61. The van der Waals surface area contributed by atoms with Crippen LogP contribution >= 0.6 is 11.3 Å². The highest BCUT2D eigenvalue weighted by Gasteiger charge is 2.24. The van der Waals surface area contributed by atoms with Crippen molar-refractivity contribution in [3.05, 3.63) is 21.9 Å². The van der Waals surface area contributed by atoms with Gasteiger partial charge in [0.25, 0.3) is 0 Å². The Morgan fingerprint density at radius 1 is 1.16 bits per heavy atom. The van der Waals surface area contributed by atoms with Crippen LogP contribution in [-0.4, -0.2) is 24.0 Å². The summed E-state index contributed by atoms with van der Waals surface area (Å²) in [5.41, 5.74) is 6.29. The molecule has 2 nitrogen and oxygen atoms in total. The summed E-state index contributed by atoms with van der Waals surface area (Å²) in [6, 6.07) is 5.05. The van der Waals surface area contributed by atoms with Crippen LogP contribution in [0.25, 0.3) is 0 Å². The Kier molecular flexibility index (Phi) is 7.66. The van der Waals surface area contributed by atoms with Crippen LogP contribution in [0, 0.1) is 6.92 Å². The van der Waals surface area contributed by atoms with E-state index in [4.69, 9.17) is 5.73 Å². The van der Waals surface area contributed by atoms with Crippen LogP contribution < -0.4 is 5.73 Å². The number of unbranched alkanes of at least 4 members (excludes halogenated alkanes) is 2. The second-order valence-corrected chi connectivity index (χ2v) is 6.81. The standard InChI is InChI=1S/C16H30N2S/c1-5-7-11-18(12-8-6-2)16(14(4)17)15-10-9-13(3)19-15/h9-10,14,16H,5-8,11-12,17H2,1-4H3. The molecule has 0 aliphatic heterocycles. The molecule has 2 unspecified atom stereocenters. The van der Waals surface area contributed by atoms with E-state index in [1.54, 1.807) is 0 Å². The Morgan fingerprint density at radius 2 is 1.74 bits per heavy atom. The largest absolute Gasteiger partial charge is 0.326 e. The lowest BCUT2D eigenvalue weighted by atomic mass is 10.1. The monoisotopic (exact) mass is 282 g/mol. The fourth-order valence-electron chi connectivity index (χ4n) is 2.50. The summed E-state index contributed by atoms with van der Waals surface area (Å²) in [6.07, 6.45) is 5.02. The van der Waals surface area contributed by atoms with Gasteiger partial charge in [-0.3, -0.25) is 4.90 Å². The van der Waals surface area contributed by atoms with Crippen LogP contribution in [0.3, 0.4) is 0 Å². The van der Waals surface area contributed by atoms with Gasteiger partial charge in [-0.25, -0.2) is 0 Å². The number of nitrogens with zero attached hydrogens (tertiary/aromatic N) is 1. The van der Waals surface area contributed by atoms with E-state index >= 15 is 0 Å². The molecule has 110 valence electrons. The zero-order valence-corrected chi connectivity index (χ0v) is 13.8. The van der Waals surface area contributed by atoms with Crippen molar-refractivity contribution < 1.29 is 0 Å². The Morgan fingerprint density at radius 3 is 2.11 bits per heavy atom. The highest BCUT2D eigenvalue weighted by atomic mass is 32.1. The van der Waals surface area contributed by atoms with Gasteiger partial charge in [0.15, 0.2) is 0 Å². The summed E-state index contributed by atoms with van der Waals surface area (Å²) in [7, 11) is 0. The predicted octanol–water partition coefficient (Wildman–Crippen LogP) is 4.35. The minimum absolute atomic E-state index is 0.187. The Bertz CT molecular complexity index is 338. The van der Waals surface area contributed by atoms with Gasteiger partial charge in [0.2, 0.25) is 0 Å². The first kappa shape index (κ1) is 16.7. The van der Waals surface area contributed by atoms with Gasteiger partial charge in [0, 0.05) is 15.8 Å². The van der Waals surface area contributed by atoms with E-state index in [9.17, 15) is 0 Å². The molecule has 2 atom stereocenters. The molecule has 1 aromatic rings. The van der Waals surface area contributed by atoms with Gasteiger partial charge < -0.3 is 5.73 Å². The van der Waals surface area contributed by atoms with Gasteiger partial charge in [0.05, 0.1) is 6.04 Å². The lowest BCUT2D eigenvalue weighted by Gasteiger charge is -2.33. The molecule has 1 heterocycles. The Balaban J connectivity index is 2.84. The third-order valence-electron chi connectivity index (χ3n) is 3.54. The van der Waals surface area contributed by atoms with Gasteiger partial charge in [-0.15, -0.1) is 11.3 Å². The van der Waals surface area contributed by atoms with Gasteiger partial charge >= 0.3 is 0 Å². The van der Waals surface area contributed by atoms with Crippen LogP contribution in [0.15, 0.2) is 12.1 Å². The van der Waals surface area contributed by atoms with E-state index in [-0.39, 0.29) is 6.04 Å². The molecule has 0 bridgehead atoms. The molecule has 19 heavy (non-hydrogen) atoms. The lowest BCUT2D eigenvalue weighted by molar-refractivity contribution is 0.174. The highest BCUT2D eigenvalue weighted by molar-refractivity contribution is 7.12. The molecular weight excluding hydrogens is 252 g/mol. The molecule has 0 saturated heterocycles. The van der Waals surface area contributed by atoms with Crippen molar-refractivity contribution >= 4 is 11.3 Å². The second-order valence-electron chi connectivity index (χ2n) is 5.50. The summed E-state index contributed by atoms with van der Waals surface area (Å²) in [5.74, 6) is 0. The van der Waals surface area contributed by atoms with Gasteiger partial charge in [-0.05, 0) is 51.9 Å². The Hall–Kier alpha value is -0.380. The summed E-state index contributed by atoms with van der Waals surface area (Å²) >= 11 is 1.90. The van der Waals surface area contributed by atoms with Crippen molar-refractivity contribution in [3.63, 3.8) is 0 Å². The molecule has 0 aromatic carbocycles. The second kappa shape index (κ2) is 8.72. The average Bonchev–Trinajstić information content (AvgIpc) is 2.78. The average molecular weight is 282 g/mol. The van der Waals surface area contributed by atoms with Crippen molar-refractivity contribution in [1.29, 1.82) is 0 Å². The molecule has 3 heteroatoms. The first-order valence-electron chi connectivity index (χ1n) is 7.66. The SMILES string of the molecule is CCCCN(CCCC)C(c1ccc(C)s1)C(C)N. The zero-order valence-electron chi connectivity index (χ0n) is 13.0. The summed E-state index contributed by atoms with van der Waals surface area (Å²) < 4.78 is 0. The van der Waals surface area contributed by atoms with Crippen LogP contribution in [0.1, 0.15) is 62.3 Å². The number of hydrogen-bond acceptors (Lipinski definition) is 3. The fraction of sp³-hybridized carbons (Fsp3) is 0.750. The van der Waals surface area contributed by atoms with Crippen LogP contribution in [-0.2, 0) is 0 Å². The smallest absolute Gasteiger partial charge is 0.0590 e. The van der Waals surface area contributed by atoms with Gasteiger partial charge in [-0.2, -0.15) is 0 Å². The minimum atomic E-state index is 0.187. The minimum Gasteiger partial charge on any atom is -0.326 e. The van der Waals surface area contributed by atoms with E-state index in [0.29, 0.717) is 6.04 Å². The predicted molar refractivity (Wildman–Crippen MR) is 86.8 cm³/mol. The summed E-state index contributed by atoms with van der Waals surface area (Å²) in [4.78, 5) is 5.41. The molecule has 0 amide bonds. The van der Waals surface area contributed by atoms with Crippen molar-refractivity contribution in [3.8, 4) is 0 Å². The number of rotatable bonds is 9. The van der Waals surface area contributed by atoms with Gasteiger partial charge in [-0.1, -0.05) is 26.7 Å². The van der Waals surface area contributed by atoms with Gasteiger partial charge in [0.1, 0.15) is 0 Å². The van der Waals surface area contributed by atoms with E-state index in [1.807, 2.05) is 11.3 Å². The molecule has 1 aromatic heterocycles. The maximum Gasteiger partial charge on any atom is 0.0590 e. The molecule has 1 rings (SSSR count). The highest BCUT2D eigenvalue weighted by Crippen LogP contribution is 2.30. The molecule has 0 fully saturated rings. The Labute approximate surface area is 123 Å². The maximum atomic E-state index is 6.29. The first-order valence-corrected chi connectivity index (χ1v) is 8.47. The zero-order chi connectivity index (χ0) is 14.3. The van der Waals surface area contributed by atoms with Crippen LogP contribution in [0.5, 0.6) is 0 Å². The molecule has 0 spiro atoms.